The van der Waals surface area contributed by atoms with Gasteiger partial charge in [-0.2, -0.15) is 0 Å². The van der Waals surface area contributed by atoms with Crippen molar-refractivity contribution in [3.8, 4) is 0 Å². The van der Waals surface area contributed by atoms with Crippen molar-refractivity contribution in [1.29, 1.82) is 0 Å². The lowest BCUT2D eigenvalue weighted by Gasteiger charge is -2.36. The van der Waals surface area contributed by atoms with Crippen molar-refractivity contribution >= 4 is 6.03 Å². The number of carbonyl (C=O) groups is 1. The van der Waals surface area contributed by atoms with Crippen LogP contribution in [0.3, 0.4) is 0 Å². The number of nitrogens with one attached hydrogen (secondary N) is 1. The van der Waals surface area contributed by atoms with Crippen LogP contribution in [-0.2, 0) is 0 Å². The van der Waals surface area contributed by atoms with Crippen LogP contribution in [0.4, 0.5) is 4.79 Å². The molecule has 1 heterocycles. The zero-order valence-corrected chi connectivity index (χ0v) is 13.6. The number of aliphatic hydroxyl groups excluding tert-OH is 1. The fourth-order valence-corrected chi connectivity index (χ4v) is 5.60. The summed E-state index contributed by atoms with van der Waals surface area (Å²) in [4.78, 5) is 16.7. The van der Waals surface area contributed by atoms with Gasteiger partial charge in [-0.1, -0.05) is 0 Å². The van der Waals surface area contributed by atoms with Crippen LogP contribution in [0.2, 0.25) is 0 Å². The third kappa shape index (κ3) is 2.42. The molecule has 4 fully saturated rings. The highest BCUT2D eigenvalue weighted by Crippen LogP contribution is 2.65. The second-order valence-electron chi connectivity index (χ2n) is 7.89. The summed E-state index contributed by atoms with van der Waals surface area (Å²) in [5, 5.41) is 12.4. The number of piperidine rings is 1. The molecular weight excluding hydrogens is 278 g/mol. The minimum absolute atomic E-state index is 0.169. The van der Waals surface area contributed by atoms with Gasteiger partial charge >= 0.3 is 6.03 Å². The Bertz CT molecular complexity index is 420. The lowest BCUT2D eigenvalue weighted by atomic mass is 10.0. The Balaban J connectivity index is 1.24. The van der Waals surface area contributed by atoms with E-state index in [4.69, 9.17) is 5.11 Å². The predicted molar refractivity (Wildman–Crippen MR) is 84.4 cm³/mol. The van der Waals surface area contributed by atoms with Gasteiger partial charge in [0.1, 0.15) is 0 Å². The van der Waals surface area contributed by atoms with Crippen LogP contribution in [0.25, 0.3) is 0 Å². The fourth-order valence-electron chi connectivity index (χ4n) is 5.60. The van der Waals surface area contributed by atoms with Crippen LogP contribution in [0, 0.1) is 23.7 Å². The second-order valence-corrected chi connectivity index (χ2v) is 7.89. The maximum absolute atomic E-state index is 12.5. The molecule has 0 aromatic carbocycles. The van der Waals surface area contributed by atoms with Crippen molar-refractivity contribution in [1.82, 2.24) is 15.1 Å². The number of nitrogens with zero attached hydrogens (tertiary/aromatic N) is 2. The highest BCUT2D eigenvalue weighted by atomic mass is 16.3. The van der Waals surface area contributed by atoms with E-state index in [1.165, 1.54) is 19.3 Å². The molecule has 2 amide bonds. The quantitative estimate of drug-likeness (QED) is 0.818. The van der Waals surface area contributed by atoms with Crippen LogP contribution in [0.15, 0.2) is 0 Å². The van der Waals surface area contributed by atoms with E-state index in [-0.39, 0.29) is 12.6 Å². The molecule has 1 aliphatic heterocycles. The first-order chi connectivity index (χ1) is 10.7. The number of aliphatic hydroxyl groups is 1. The Labute approximate surface area is 133 Å². The molecular formula is C17H29N3O2. The SMILES string of the molecule is CN(CCO)C1CCN(C(=O)NC2[C@H]3[C@H]4CC[C@@H](C4)[C@H]23)CC1. The summed E-state index contributed by atoms with van der Waals surface area (Å²) >= 11 is 0. The van der Waals surface area contributed by atoms with Gasteiger partial charge in [0.25, 0.3) is 0 Å². The summed E-state index contributed by atoms with van der Waals surface area (Å²) in [6, 6.07) is 1.17. The molecule has 3 aliphatic carbocycles. The molecule has 3 saturated carbocycles. The lowest BCUT2D eigenvalue weighted by molar-refractivity contribution is 0.118. The molecule has 0 spiro atoms. The number of amides is 2. The van der Waals surface area contributed by atoms with Gasteiger partial charge in [-0.3, -0.25) is 0 Å². The summed E-state index contributed by atoms with van der Waals surface area (Å²) in [6.07, 6.45) is 6.28. The Hall–Kier alpha value is -0.810. The van der Waals surface area contributed by atoms with Crippen LogP contribution in [0.5, 0.6) is 0 Å². The van der Waals surface area contributed by atoms with Crippen molar-refractivity contribution < 1.29 is 9.90 Å². The molecule has 124 valence electrons. The van der Waals surface area contributed by atoms with Gasteiger partial charge in [-0.05, 0) is 62.8 Å². The maximum atomic E-state index is 12.5. The second kappa shape index (κ2) is 5.68. The Kier molecular flexibility index (Phi) is 3.81. The molecule has 1 saturated heterocycles. The van der Waals surface area contributed by atoms with E-state index in [0.717, 1.165) is 56.1 Å². The van der Waals surface area contributed by atoms with Gasteiger partial charge in [0.15, 0.2) is 0 Å². The summed E-state index contributed by atoms with van der Waals surface area (Å²) in [7, 11) is 2.07. The predicted octanol–water partition coefficient (Wildman–Crippen LogP) is 1.13. The van der Waals surface area contributed by atoms with Gasteiger partial charge < -0.3 is 20.2 Å². The molecule has 4 rings (SSSR count). The number of rotatable bonds is 4. The molecule has 22 heavy (non-hydrogen) atoms. The van der Waals surface area contributed by atoms with Crippen molar-refractivity contribution in [2.75, 3.05) is 33.3 Å². The summed E-state index contributed by atoms with van der Waals surface area (Å²) in [5.41, 5.74) is 0. The highest BCUT2D eigenvalue weighted by molar-refractivity contribution is 5.75. The molecule has 4 atom stereocenters. The largest absolute Gasteiger partial charge is 0.395 e. The van der Waals surface area contributed by atoms with E-state index in [0.29, 0.717) is 12.1 Å². The zero-order chi connectivity index (χ0) is 15.3. The Morgan fingerprint density at radius 2 is 1.82 bits per heavy atom. The van der Waals surface area contributed by atoms with Crippen LogP contribution >= 0.6 is 0 Å². The van der Waals surface area contributed by atoms with Crippen LogP contribution in [0.1, 0.15) is 32.1 Å². The lowest BCUT2D eigenvalue weighted by Crippen LogP contribution is -2.50. The molecule has 0 aromatic rings. The molecule has 0 radical (unpaired) electrons. The topological polar surface area (TPSA) is 55.8 Å². The van der Waals surface area contributed by atoms with Gasteiger partial charge in [-0.15, -0.1) is 0 Å². The minimum Gasteiger partial charge on any atom is -0.395 e. The minimum atomic E-state index is 0.169. The standard InChI is InChI=1S/C17H29N3O2/c1-19(8-9-21)13-4-6-20(7-5-13)17(22)18-16-14-11-2-3-12(10-11)15(14)16/h11-16,21H,2-10H2,1H3,(H,18,22)/t11-,12-,14-,15-/m0/s1. The van der Waals surface area contributed by atoms with Crippen LogP contribution in [-0.4, -0.2) is 66.3 Å². The smallest absolute Gasteiger partial charge is 0.317 e. The average molecular weight is 307 g/mol. The fraction of sp³-hybridized carbons (Fsp3) is 0.941. The number of carbonyl (C=O) groups excluding carboxylic acids is 1. The first-order valence-corrected chi connectivity index (χ1v) is 9.05. The van der Waals surface area contributed by atoms with Crippen LogP contribution < -0.4 is 5.32 Å². The molecule has 5 nitrogen and oxygen atoms in total. The van der Waals surface area contributed by atoms with E-state index >= 15 is 0 Å². The first kappa shape index (κ1) is 14.8. The third-order valence-corrected chi connectivity index (χ3v) is 6.85. The molecule has 0 aromatic heterocycles. The van der Waals surface area contributed by atoms with E-state index in [9.17, 15) is 4.79 Å². The maximum Gasteiger partial charge on any atom is 0.317 e. The first-order valence-electron chi connectivity index (χ1n) is 9.05. The average Bonchev–Trinajstić information content (AvgIpc) is 2.92. The van der Waals surface area contributed by atoms with E-state index in [1.54, 1.807) is 0 Å². The zero-order valence-electron chi connectivity index (χ0n) is 13.6. The normalized spacial score (nSPS) is 40.1. The monoisotopic (exact) mass is 307 g/mol. The highest BCUT2D eigenvalue weighted by Gasteiger charge is 2.65. The van der Waals surface area contributed by atoms with Crippen molar-refractivity contribution in [3.63, 3.8) is 0 Å². The van der Waals surface area contributed by atoms with E-state index in [2.05, 4.69) is 17.3 Å². The molecule has 0 unspecified atom stereocenters. The summed E-state index contributed by atoms with van der Waals surface area (Å²) < 4.78 is 0. The molecule has 2 N–H and O–H groups in total. The van der Waals surface area contributed by atoms with Crippen molar-refractivity contribution in [2.45, 2.75) is 44.2 Å². The van der Waals surface area contributed by atoms with Gasteiger partial charge in [0.2, 0.25) is 0 Å². The third-order valence-electron chi connectivity index (χ3n) is 6.85. The number of likely N-dealkylation sites (N-methyl/N-ethyl adjacent to an activating group) is 1. The molecule has 2 bridgehead atoms. The number of likely N-dealkylation sites (tertiary alicyclic amines) is 1. The Morgan fingerprint density at radius 1 is 1.18 bits per heavy atom. The van der Waals surface area contributed by atoms with Crippen molar-refractivity contribution in [3.05, 3.63) is 0 Å². The molecule has 4 aliphatic rings. The van der Waals surface area contributed by atoms with Gasteiger partial charge in [-0.25, -0.2) is 4.79 Å². The number of hydrogen-bond acceptors (Lipinski definition) is 3. The molecule has 5 heteroatoms. The van der Waals surface area contributed by atoms with Gasteiger partial charge in [0, 0.05) is 31.7 Å². The number of urea groups is 1. The van der Waals surface area contributed by atoms with E-state index < -0.39 is 0 Å². The number of hydrogen-bond donors (Lipinski definition) is 2. The summed E-state index contributed by atoms with van der Waals surface area (Å²) in [6.45, 7) is 2.64. The number of fused-ring (bicyclic) bond motifs is 5. The Morgan fingerprint density at radius 3 is 2.41 bits per heavy atom. The summed E-state index contributed by atoms with van der Waals surface area (Å²) in [5.74, 6) is 3.46. The van der Waals surface area contributed by atoms with Crippen molar-refractivity contribution in [2.24, 2.45) is 23.7 Å². The van der Waals surface area contributed by atoms with E-state index in [1.807, 2.05) is 4.90 Å². The van der Waals surface area contributed by atoms with Gasteiger partial charge in [0.05, 0.1) is 6.61 Å².